The van der Waals surface area contributed by atoms with E-state index in [0.717, 1.165) is 11.3 Å². The number of para-hydroxylation sites is 2. The number of H-pyrrole nitrogens is 1. The lowest BCUT2D eigenvalue weighted by Gasteiger charge is -2.11. The number of hydrogen-bond donors (Lipinski definition) is 2. The summed E-state index contributed by atoms with van der Waals surface area (Å²) in [7, 11) is 3.16. The molecule has 0 atom stereocenters. The molecule has 3 rings (SSSR count). The van der Waals surface area contributed by atoms with Crippen molar-refractivity contribution in [2.45, 2.75) is 6.54 Å². The molecule has 0 aliphatic heterocycles. The van der Waals surface area contributed by atoms with Crippen LogP contribution in [0.3, 0.4) is 0 Å². The normalized spacial score (nSPS) is 10.4. The Morgan fingerprint density at radius 2 is 1.88 bits per heavy atom. The molecule has 0 aliphatic rings. The Balaban J connectivity index is 1.82. The molecule has 0 aliphatic carbocycles. The number of amides is 1. The minimum Gasteiger partial charge on any atom is -0.497 e. The van der Waals surface area contributed by atoms with Crippen LogP contribution < -0.4 is 14.8 Å². The van der Waals surface area contributed by atoms with Crippen LogP contribution in [-0.4, -0.2) is 34.9 Å². The summed E-state index contributed by atoms with van der Waals surface area (Å²) < 4.78 is 12.4. The summed E-state index contributed by atoms with van der Waals surface area (Å²) >= 11 is 5.27. The molecule has 1 aromatic heterocycles. The lowest BCUT2D eigenvalue weighted by Crippen LogP contribution is -2.19. The lowest BCUT2D eigenvalue weighted by molar-refractivity contribution is -0.116. The van der Waals surface area contributed by atoms with Crippen LogP contribution in [0, 0.1) is 4.77 Å². The highest BCUT2D eigenvalue weighted by atomic mass is 32.1. The average molecular weight is 370 g/mol. The fourth-order valence-electron chi connectivity index (χ4n) is 2.51. The first-order valence-electron chi connectivity index (χ1n) is 7.85. The van der Waals surface area contributed by atoms with Crippen LogP contribution in [0.1, 0.15) is 0 Å². The summed E-state index contributed by atoms with van der Waals surface area (Å²) in [5, 5.41) is 9.80. The second-order valence-electron chi connectivity index (χ2n) is 5.42. The van der Waals surface area contributed by atoms with Crippen LogP contribution in [0.2, 0.25) is 0 Å². The summed E-state index contributed by atoms with van der Waals surface area (Å²) in [6.07, 6.45) is 0. The van der Waals surface area contributed by atoms with Crippen molar-refractivity contribution in [3.63, 3.8) is 0 Å². The maximum atomic E-state index is 12.5. The molecule has 0 radical (unpaired) electrons. The number of benzene rings is 2. The third kappa shape index (κ3) is 3.75. The van der Waals surface area contributed by atoms with E-state index in [1.807, 2.05) is 36.4 Å². The molecule has 1 amide bonds. The third-order valence-electron chi connectivity index (χ3n) is 3.79. The van der Waals surface area contributed by atoms with Crippen molar-refractivity contribution >= 4 is 23.8 Å². The molecule has 0 saturated carbocycles. The molecule has 0 bridgehead atoms. The Labute approximate surface area is 155 Å². The van der Waals surface area contributed by atoms with Gasteiger partial charge in [-0.3, -0.25) is 14.5 Å². The van der Waals surface area contributed by atoms with Gasteiger partial charge in [0.1, 0.15) is 18.0 Å². The second-order valence-corrected chi connectivity index (χ2v) is 5.80. The van der Waals surface area contributed by atoms with E-state index in [9.17, 15) is 4.79 Å². The largest absolute Gasteiger partial charge is 0.497 e. The molecule has 1 heterocycles. The number of nitrogens with zero attached hydrogens (tertiary/aromatic N) is 2. The Morgan fingerprint density at radius 3 is 2.58 bits per heavy atom. The molecule has 0 spiro atoms. The maximum Gasteiger partial charge on any atom is 0.244 e. The van der Waals surface area contributed by atoms with Crippen molar-refractivity contribution in [1.29, 1.82) is 0 Å². The topological polar surface area (TPSA) is 81.2 Å². The van der Waals surface area contributed by atoms with Crippen molar-refractivity contribution in [1.82, 2.24) is 14.8 Å². The average Bonchev–Trinajstić information content (AvgIpc) is 3.02. The van der Waals surface area contributed by atoms with Crippen molar-refractivity contribution in [3.05, 3.63) is 53.3 Å². The molecular weight excluding hydrogens is 352 g/mol. The van der Waals surface area contributed by atoms with Crippen LogP contribution in [0.4, 0.5) is 5.69 Å². The fourth-order valence-corrected chi connectivity index (χ4v) is 2.70. The van der Waals surface area contributed by atoms with Gasteiger partial charge in [-0.15, -0.1) is 0 Å². The molecule has 0 saturated heterocycles. The number of anilines is 1. The fraction of sp³-hybridized carbons (Fsp3) is 0.167. The molecule has 26 heavy (non-hydrogen) atoms. The summed E-state index contributed by atoms with van der Waals surface area (Å²) in [6, 6.07) is 14.6. The summed E-state index contributed by atoms with van der Waals surface area (Å²) in [5.41, 5.74) is 1.42. The number of rotatable bonds is 6. The number of carbonyl (C=O) groups excluding carboxylic acids is 1. The number of ether oxygens (including phenoxy) is 2. The van der Waals surface area contributed by atoms with Crippen molar-refractivity contribution in [3.8, 4) is 22.9 Å². The van der Waals surface area contributed by atoms with Gasteiger partial charge >= 0.3 is 0 Å². The van der Waals surface area contributed by atoms with Gasteiger partial charge in [0.25, 0.3) is 0 Å². The Bertz CT molecular complexity index is 963. The highest BCUT2D eigenvalue weighted by molar-refractivity contribution is 7.71. The van der Waals surface area contributed by atoms with Crippen LogP contribution >= 0.6 is 12.2 Å². The Hall–Kier alpha value is -3.13. The molecule has 8 heteroatoms. The van der Waals surface area contributed by atoms with Gasteiger partial charge in [0.2, 0.25) is 5.91 Å². The number of nitrogens with one attached hydrogen (secondary N) is 2. The molecule has 2 aromatic carbocycles. The molecule has 134 valence electrons. The van der Waals surface area contributed by atoms with Crippen LogP contribution in [0.15, 0.2) is 48.5 Å². The van der Waals surface area contributed by atoms with Gasteiger partial charge in [-0.25, -0.2) is 0 Å². The first-order valence-corrected chi connectivity index (χ1v) is 8.25. The molecule has 7 nitrogen and oxygen atoms in total. The van der Waals surface area contributed by atoms with Crippen LogP contribution in [0.25, 0.3) is 11.4 Å². The standard InChI is InChI=1S/C18H18N4O3S/c1-24-13-9-7-12(8-10-13)17-20-21-18(26)22(17)11-16(23)19-14-5-3-4-6-15(14)25-2/h3-10H,11H2,1-2H3,(H,19,23)(H,21,26). The number of methoxy groups -OCH3 is 2. The SMILES string of the molecule is COc1ccc(-c2n[nH]c(=S)n2CC(=O)Nc2ccccc2OC)cc1. The number of carbonyl (C=O) groups is 1. The lowest BCUT2D eigenvalue weighted by atomic mass is 10.2. The zero-order chi connectivity index (χ0) is 18.5. The predicted octanol–water partition coefficient (Wildman–Crippen LogP) is 3.26. The van der Waals surface area contributed by atoms with E-state index in [0.29, 0.717) is 22.0 Å². The van der Waals surface area contributed by atoms with Crippen molar-refractivity contribution in [2.75, 3.05) is 19.5 Å². The van der Waals surface area contributed by atoms with Crippen molar-refractivity contribution < 1.29 is 14.3 Å². The highest BCUT2D eigenvalue weighted by Crippen LogP contribution is 2.24. The minimum absolute atomic E-state index is 0.0226. The minimum atomic E-state index is -0.234. The van der Waals surface area contributed by atoms with Gasteiger partial charge in [-0.2, -0.15) is 5.10 Å². The van der Waals surface area contributed by atoms with Gasteiger partial charge in [-0.05, 0) is 48.6 Å². The monoisotopic (exact) mass is 370 g/mol. The Morgan fingerprint density at radius 1 is 1.15 bits per heavy atom. The van der Waals surface area contributed by atoms with E-state index >= 15 is 0 Å². The molecule has 0 fully saturated rings. The summed E-state index contributed by atoms with van der Waals surface area (Å²) in [5.74, 6) is 1.67. The first-order chi connectivity index (χ1) is 12.6. The zero-order valence-electron chi connectivity index (χ0n) is 14.4. The number of aromatic nitrogens is 3. The summed E-state index contributed by atoms with van der Waals surface area (Å²) in [6.45, 7) is 0.0226. The van der Waals surface area contributed by atoms with Crippen LogP contribution in [0.5, 0.6) is 11.5 Å². The second kappa shape index (κ2) is 7.83. The molecular formula is C18H18N4O3S. The number of hydrogen-bond acceptors (Lipinski definition) is 5. The number of aromatic amines is 1. The predicted molar refractivity (Wildman–Crippen MR) is 101 cm³/mol. The van der Waals surface area contributed by atoms with E-state index in [2.05, 4.69) is 15.5 Å². The van der Waals surface area contributed by atoms with Crippen LogP contribution in [-0.2, 0) is 11.3 Å². The molecule has 0 unspecified atom stereocenters. The van der Waals surface area contributed by atoms with E-state index in [4.69, 9.17) is 21.7 Å². The molecule has 2 N–H and O–H groups in total. The van der Waals surface area contributed by atoms with E-state index in [1.165, 1.54) is 0 Å². The molecule has 3 aromatic rings. The van der Waals surface area contributed by atoms with Gasteiger partial charge in [0.05, 0.1) is 19.9 Å². The van der Waals surface area contributed by atoms with Gasteiger partial charge in [0.15, 0.2) is 10.6 Å². The summed E-state index contributed by atoms with van der Waals surface area (Å²) in [4.78, 5) is 12.5. The van der Waals surface area contributed by atoms with E-state index in [1.54, 1.807) is 30.9 Å². The zero-order valence-corrected chi connectivity index (χ0v) is 15.2. The van der Waals surface area contributed by atoms with Crippen molar-refractivity contribution in [2.24, 2.45) is 0 Å². The van der Waals surface area contributed by atoms with Gasteiger partial charge in [0, 0.05) is 5.56 Å². The maximum absolute atomic E-state index is 12.5. The first kappa shape index (κ1) is 17.7. The van der Waals surface area contributed by atoms with E-state index < -0.39 is 0 Å². The Kier molecular flexibility index (Phi) is 5.33. The van der Waals surface area contributed by atoms with Gasteiger partial charge < -0.3 is 14.8 Å². The third-order valence-corrected chi connectivity index (χ3v) is 4.10. The van der Waals surface area contributed by atoms with E-state index in [-0.39, 0.29) is 12.5 Å². The van der Waals surface area contributed by atoms with Gasteiger partial charge in [-0.1, -0.05) is 12.1 Å². The highest BCUT2D eigenvalue weighted by Gasteiger charge is 2.14. The smallest absolute Gasteiger partial charge is 0.244 e. The quantitative estimate of drug-likeness (QED) is 0.651.